The number of nitrogens with zero attached hydrogens (tertiary/aromatic N) is 5. The van der Waals surface area contributed by atoms with Crippen molar-refractivity contribution in [2.45, 2.75) is 45.8 Å². The van der Waals surface area contributed by atoms with Crippen LogP contribution in [0.2, 0.25) is 0 Å². The maximum atomic E-state index is 12.9. The Kier molecular flexibility index (Phi) is 6.92. The first kappa shape index (κ1) is 20.9. The third-order valence-corrected chi connectivity index (χ3v) is 5.03. The quantitative estimate of drug-likeness (QED) is 0.695. The minimum absolute atomic E-state index is 0.0222. The zero-order chi connectivity index (χ0) is 20.8. The summed E-state index contributed by atoms with van der Waals surface area (Å²) >= 11 is 0. The van der Waals surface area contributed by atoms with E-state index in [4.69, 9.17) is 9.26 Å². The molecule has 0 radical (unpaired) electrons. The molecule has 3 heterocycles. The number of ether oxygens (including phenoxy) is 1. The monoisotopic (exact) mass is 401 g/mol. The van der Waals surface area contributed by atoms with Crippen LogP contribution in [0.15, 0.2) is 22.9 Å². The Morgan fingerprint density at radius 2 is 2.24 bits per heavy atom. The summed E-state index contributed by atoms with van der Waals surface area (Å²) in [5.74, 6) is 0.911. The van der Waals surface area contributed by atoms with Crippen molar-refractivity contribution in [2.75, 3.05) is 26.7 Å². The highest BCUT2D eigenvalue weighted by atomic mass is 16.5. The second kappa shape index (κ2) is 9.60. The standard InChI is InChI=1S/C20H27N5O4/c1-14-11-16(6-8-21-14)20(27)24-9-4-5-17(12-24)25(15(2)26)10-7-18-22-19(13-28-3)29-23-18/h6,8,11,17H,4-5,7,9-10,12-13H2,1-3H3. The zero-order valence-corrected chi connectivity index (χ0v) is 17.1. The number of carbonyl (C=O) groups excluding carboxylic acids is 2. The molecule has 0 aromatic carbocycles. The Balaban J connectivity index is 1.64. The Labute approximate surface area is 170 Å². The molecule has 1 atom stereocenters. The molecule has 0 bridgehead atoms. The van der Waals surface area contributed by atoms with E-state index in [1.54, 1.807) is 32.4 Å². The van der Waals surface area contributed by atoms with Gasteiger partial charge >= 0.3 is 0 Å². The van der Waals surface area contributed by atoms with Gasteiger partial charge in [-0.05, 0) is 31.9 Å². The van der Waals surface area contributed by atoms with E-state index in [2.05, 4.69) is 15.1 Å². The molecule has 156 valence electrons. The van der Waals surface area contributed by atoms with Crippen LogP contribution in [0.5, 0.6) is 0 Å². The lowest BCUT2D eigenvalue weighted by Crippen LogP contribution is -2.51. The predicted octanol–water partition coefficient (Wildman–Crippen LogP) is 1.62. The molecule has 2 aromatic heterocycles. The lowest BCUT2D eigenvalue weighted by molar-refractivity contribution is -0.132. The average molecular weight is 401 g/mol. The lowest BCUT2D eigenvalue weighted by Gasteiger charge is -2.39. The largest absolute Gasteiger partial charge is 0.375 e. The SMILES string of the molecule is COCc1nc(CCN(C(C)=O)C2CCCN(C(=O)c3ccnc(C)c3)C2)no1. The van der Waals surface area contributed by atoms with Gasteiger partial charge in [0.05, 0.1) is 0 Å². The van der Waals surface area contributed by atoms with Crippen LogP contribution in [0.1, 0.15) is 47.5 Å². The minimum Gasteiger partial charge on any atom is -0.375 e. The average Bonchev–Trinajstić information content (AvgIpc) is 3.15. The van der Waals surface area contributed by atoms with Crippen molar-refractivity contribution in [1.82, 2.24) is 24.9 Å². The van der Waals surface area contributed by atoms with Gasteiger partial charge in [-0.2, -0.15) is 4.98 Å². The van der Waals surface area contributed by atoms with E-state index in [0.29, 0.717) is 43.3 Å². The van der Waals surface area contributed by atoms with Crippen molar-refractivity contribution in [1.29, 1.82) is 0 Å². The molecule has 0 saturated carbocycles. The number of piperidine rings is 1. The smallest absolute Gasteiger partial charge is 0.254 e. The van der Waals surface area contributed by atoms with Gasteiger partial charge in [0.25, 0.3) is 11.8 Å². The van der Waals surface area contributed by atoms with Crippen LogP contribution in [0.3, 0.4) is 0 Å². The molecular weight excluding hydrogens is 374 g/mol. The van der Waals surface area contributed by atoms with Gasteiger partial charge in [-0.25, -0.2) is 0 Å². The first-order chi connectivity index (χ1) is 14.0. The molecule has 9 heteroatoms. The van der Waals surface area contributed by atoms with Crippen molar-refractivity contribution in [2.24, 2.45) is 0 Å². The van der Waals surface area contributed by atoms with E-state index < -0.39 is 0 Å². The Morgan fingerprint density at radius 1 is 1.41 bits per heavy atom. The van der Waals surface area contributed by atoms with Crippen molar-refractivity contribution in [3.05, 3.63) is 41.3 Å². The highest BCUT2D eigenvalue weighted by molar-refractivity contribution is 5.94. The number of aromatic nitrogens is 3. The van der Waals surface area contributed by atoms with Crippen LogP contribution in [0.25, 0.3) is 0 Å². The number of aryl methyl sites for hydroxylation is 1. The fourth-order valence-corrected chi connectivity index (χ4v) is 3.65. The van der Waals surface area contributed by atoms with Gasteiger partial charge in [-0.15, -0.1) is 0 Å². The molecule has 1 aliphatic rings. The fourth-order valence-electron chi connectivity index (χ4n) is 3.65. The summed E-state index contributed by atoms with van der Waals surface area (Å²) in [6, 6.07) is 3.50. The number of rotatable bonds is 7. The Morgan fingerprint density at radius 3 is 2.97 bits per heavy atom. The van der Waals surface area contributed by atoms with Gasteiger partial charge in [0.15, 0.2) is 5.82 Å². The van der Waals surface area contributed by atoms with E-state index in [1.807, 2.05) is 16.7 Å². The van der Waals surface area contributed by atoms with Gasteiger partial charge in [-0.1, -0.05) is 5.16 Å². The fraction of sp³-hybridized carbons (Fsp3) is 0.550. The third-order valence-electron chi connectivity index (χ3n) is 5.03. The summed E-state index contributed by atoms with van der Waals surface area (Å²) in [4.78, 5) is 37.2. The molecule has 0 aliphatic carbocycles. The van der Waals surface area contributed by atoms with Crippen molar-refractivity contribution in [3.8, 4) is 0 Å². The summed E-state index contributed by atoms with van der Waals surface area (Å²) in [6.07, 6.45) is 3.85. The van der Waals surface area contributed by atoms with Gasteiger partial charge in [0, 0.05) is 63.6 Å². The van der Waals surface area contributed by atoms with E-state index in [0.717, 1.165) is 18.5 Å². The third kappa shape index (κ3) is 5.38. The van der Waals surface area contributed by atoms with E-state index in [9.17, 15) is 9.59 Å². The second-order valence-electron chi connectivity index (χ2n) is 7.23. The van der Waals surface area contributed by atoms with Crippen molar-refractivity contribution < 1.29 is 18.8 Å². The number of amides is 2. The Hall–Kier alpha value is -2.81. The molecule has 3 rings (SSSR count). The van der Waals surface area contributed by atoms with Crippen LogP contribution >= 0.6 is 0 Å². The summed E-state index contributed by atoms with van der Waals surface area (Å²) in [6.45, 7) is 5.36. The summed E-state index contributed by atoms with van der Waals surface area (Å²) in [7, 11) is 1.56. The van der Waals surface area contributed by atoms with E-state index in [-0.39, 0.29) is 24.5 Å². The molecule has 9 nitrogen and oxygen atoms in total. The van der Waals surface area contributed by atoms with Gasteiger partial charge in [-0.3, -0.25) is 14.6 Å². The number of hydrogen-bond donors (Lipinski definition) is 0. The molecule has 2 amide bonds. The maximum Gasteiger partial charge on any atom is 0.254 e. The normalized spacial score (nSPS) is 16.7. The maximum absolute atomic E-state index is 12.9. The molecular formula is C20H27N5O4. The molecule has 1 aliphatic heterocycles. The van der Waals surface area contributed by atoms with Crippen molar-refractivity contribution >= 4 is 11.8 Å². The minimum atomic E-state index is -0.0292. The predicted molar refractivity (Wildman–Crippen MR) is 104 cm³/mol. The number of hydrogen-bond acceptors (Lipinski definition) is 7. The van der Waals surface area contributed by atoms with Crippen LogP contribution < -0.4 is 0 Å². The first-order valence-corrected chi connectivity index (χ1v) is 9.77. The highest BCUT2D eigenvalue weighted by Gasteiger charge is 2.30. The Bertz CT molecular complexity index is 853. The first-order valence-electron chi connectivity index (χ1n) is 9.77. The molecule has 1 fully saturated rings. The van der Waals surface area contributed by atoms with Crippen LogP contribution in [0.4, 0.5) is 0 Å². The molecule has 0 spiro atoms. The van der Waals surface area contributed by atoms with Gasteiger partial charge < -0.3 is 19.1 Å². The number of pyridine rings is 1. The summed E-state index contributed by atoms with van der Waals surface area (Å²) < 4.78 is 10.1. The van der Waals surface area contributed by atoms with Crippen LogP contribution in [-0.2, 0) is 22.6 Å². The summed E-state index contributed by atoms with van der Waals surface area (Å²) in [5, 5.41) is 3.93. The molecule has 29 heavy (non-hydrogen) atoms. The van der Waals surface area contributed by atoms with Gasteiger partial charge in [0.1, 0.15) is 6.61 Å². The van der Waals surface area contributed by atoms with Crippen molar-refractivity contribution in [3.63, 3.8) is 0 Å². The zero-order valence-electron chi connectivity index (χ0n) is 17.1. The number of carbonyl (C=O) groups is 2. The number of methoxy groups -OCH3 is 1. The lowest BCUT2D eigenvalue weighted by atomic mass is 10.0. The highest BCUT2D eigenvalue weighted by Crippen LogP contribution is 2.19. The molecule has 1 saturated heterocycles. The van der Waals surface area contributed by atoms with E-state index >= 15 is 0 Å². The molecule has 0 N–H and O–H groups in total. The van der Waals surface area contributed by atoms with Crippen LogP contribution in [0, 0.1) is 6.92 Å². The number of likely N-dealkylation sites (tertiary alicyclic amines) is 1. The molecule has 1 unspecified atom stereocenters. The van der Waals surface area contributed by atoms with Gasteiger partial charge in [0.2, 0.25) is 5.91 Å². The topological polar surface area (TPSA) is 102 Å². The second-order valence-corrected chi connectivity index (χ2v) is 7.23. The van der Waals surface area contributed by atoms with E-state index in [1.165, 1.54) is 0 Å². The van der Waals surface area contributed by atoms with Crippen LogP contribution in [-0.4, -0.2) is 69.5 Å². The molecule has 2 aromatic rings. The summed E-state index contributed by atoms with van der Waals surface area (Å²) in [5.41, 5.74) is 1.44.